The van der Waals surface area contributed by atoms with Gasteiger partial charge in [-0.3, -0.25) is 9.59 Å². The van der Waals surface area contributed by atoms with E-state index in [2.05, 4.69) is 13.8 Å². The summed E-state index contributed by atoms with van der Waals surface area (Å²) in [5.74, 6) is 2.00. The normalized spacial score (nSPS) is 51.0. The summed E-state index contributed by atoms with van der Waals surface area (Å²) >= 11 is 0. The van der Waals surface area contributed by atoms with Crippen LogP contribution in [0.3, 0.4) is 0 Å². The first kappa shape index (κ1) is 14.6. The Labute approximate surface area is 132 Å². The molecule has 3 heteroatoms. The molecule has 0 bridgehead atoms. The second-order valence-electron chi connectivity index (χ2n) is 8.54. The number of aliphatic hydroxyl groups is 1. The predicted octanol–water partition coefficient (Wildman–Crippen LogP) is 3.06. The Kier molecular flexibility index (Phi) is 3.01. The minimum Gasteiger partial charge on any atom is -0.385 e. The van der Waals surface area contributed by atoms with E-state index in [9.17, 15) is 14.7 Å². The van der Waals surface area contributed by atoms with E-state index in [1.807, 2.05) is 0 Å². The topological polar surface area (TPSA) is 54.4 Å². The molecule has 0 heterocycles. The predicted molar refractivity (Wildman–Crippen MR) is 83.1 cm³/mol. The molecular weight excluding hydrogens is 276 g/mol. The van der Waals surface area contributed by atoms with Gasteiger partial charge in [0.15, 0.2) is 5.78 Å². The second kappa shape index (κ2) is 4.53. The van der Waals surface area contributed by atoms with E-state index in [0.29, 0.717) is 30.0 Å². The number of aliphatic hydroxyl groups excluding tert-OH is 1. The smallest absolute Gasteiger partial charge is 0.184 e. The van der Waals surface area contributed by atoms with Crippen molar-refractivity contribution in [3.8, 4) is 0 Å². The summed E-state index contributed by atoms with van der Waals surface area (Å²) in [6, 6.07) is 0. The van der Waals surface area contributed by atoms with E-state index in [0.717, 1.165) is 38.5 Å². The first-order valence-electron chi connectivity index (χ1n) is 8.82. The van der Waals surface area contributed by atoms with Crippen molar-refractivity contribution in [2.45, 2.75) is 64.9 Å². The third kappa shape index (κ3) is 1.72. The van der Waals surface area contributed by atoms with Gasteiger partial charge in [0.05, 0.1) is 0 Å². The highest BCUT2D eigenvalue weighted by Gasteiger charge is 2.59. The Morgan fingerprint density at radius 2 is 1.77 bits per heavy atom. The Balaban J connectivity index is 1.71. The minimum absolute atomic E-state index is 0.0385. The lowest BCUT2D eigenvalue weighted by Gasteiger charge is -2.57. The zero-order valence-corrected chi connectivity index (χ0v) is 13.6. The van der Waals surface area contributed by atoms with Crippen LogP contribution in [-0.4, -0.2) is 22.8 Å². The summed E-state index contributed by atoms with van der Waals surface area (Å²) in [4.78, 5) is 24.2. The number of hydrogen-bond acceptors (Lipinski definition) is 3. The fourth-order valence-electron chi connectivity index (χ4n) is 6.39. The molecule has 120 valence electrons. The summed E-state index contributed by atoms with van der Waals surface area (Å²) in [6.45, 7) is 4.45. The summed E-state index contributed by atoms with van der Waals surface area (Å²) in [7, 11) is 0. The van der Waals surface area contributed by atoms with Crippen molar-refractivity contribution < 1.29 is 14.7 Å². The van der Waals surface area contributed by atoms with Gasteiger partial charge in [-0.25, -0.2) is 0 Å². The molecule has 0 aromatic rings. The van der Waals surface area contributed by atoms with Gasteiger partial charge in [-0.2, -0.15) is 0 Å². The van der Waals surface area contributed by atoms with E-state index in [1.54, 1.807) is 6.08 Å². The zero-order valence-electron chi connectivity index (χ0n) is 13.6. The molecule has 3 saturated carbocycles. The van der Waals surface area contributed by atoms with Gasteiger partial charge in [-0.1, -0.05) is 19.4 Å². The molecule has 0 saturated heterocycles. The zero-order chi connectivity index (χ0) is 15.7. The monoisotopic (exact) mass is 302 g/mol. The highest BCUT2D eigenvalue weighted by Crippen LogP contribution is 2.64. The SMILES string of the molecule is C[C@]12C[C@H](O)C(=O)C=C1CC[C@@H]1[C@@H]2CC[C@]2(C)C(=O)CC[C@@H]12. The van der Waals surface area contributed by atoms with Crippen LogP contribution in [0.5, 0.6) is 0 Å². The quantitative estimate of drug-likeness (QED) is 0.748. The average molecular weight is 302 g/mol. The fourth-order valence-corrected chi connectivity index (χ4v) is 6.39. The van der Waals surface area contributed by atoms with Crippen LogP contribution in [-0.2, 0) is 9.59 Å². The largest absolute Gasteiger partial charge is 0.385 e. The highest BCUT2D eigenvalue weighted by atomic mass is 16.3. The van der Waals surface area contributed by atoms with Crippen molar-refractivity contribution in [3.05, 3.63) is 11.6 Å². The van der Waals surface area contributed by atoms with Crippen LogP contribution in [0.15, 0.2) is 11.6 Å². The lowest BCUT2D eigenvalue weighted by atomic mass is 9.47. The van der Waals surface area contributed by atoms with E-state index in [-0.39, 0.29) is 16.6 Å². The Bertz CT molecular complexity index is 577. The van der Waals surface area contributed by atoms with Crippen LogP contribution in [0.25, 0.3) is 0 Å². The maximum absolute atomic E-state index is 12.4. The minimum atomic E-state index is -0.828. The van der Waals surface area contributed by atoms with Crippen LogP contribution >= 0.6 is 0 Å². The van der Waals surface area contributed by atoms with Crippen LogP contribution in [0, 0.1) is 28.6 Å². The molecule has 0 spiro atoms. The standard InChI is InChI=1S/C19H26O3/c1-18-8-7-14-12(13(18)5-6-17(18)22)4-3-11-9-15(20)16(21)10-19(11,14)2/h9,12-14,16,21H,3-8,10H2,1-2H3/t12-,13-,14-,16-,18-,19-/m0/s1. The Morgan fingerprint density at radius 1 is 1.05 bits per heavy atom. The summed E-state index contributed by atoms with van der Waals surface area (Å²) in [6.07, 6.45) is 7.43. The van der Waals surface area contributed by atoms with Crippen molar-refractivity contribution in [1.82, 2.24) is 0 Å². The molecule has 0 aromatic carbocycles. The van der Waals surface area contributed by atoms with Gasteiger partial charge in [-0.05, 0) is 67.8 Å². The van der Waals surface area contributed by atoms with E-state index in [4.69, 9.17) is 0 Å². The number of carbonyl (C=O) groups excluding carboxylic acids is 2. The molecule has 3 nitrogen and oxygen atoms in total. The lowest BCUT2D eigenvalue weighted by molar-refractivity contribution is -0.134. The van der Waals surface area contributed by atoms with Crippen molar-refractivity contribution in [2.24, 2.45) is 28.6 Å². The van der Waals surface area contributed by atoms with Crippen molar-refractivity contribution in [3.63, 3.8) is 0 Å². The number of Topliss-reactive ketones (excluding diaryl/α,β-unsaturated/α-hetero) is 1. The van der Waals surface area contributed by atoms with Crippen molar-refractivity contribution in [1.29, 1.82) is 0 Å². The molecule has 0 aliphatic heterocycles. The summed E-state index contributed by atoms with van der Waals surface area (Å²) < 4.78 is 0. The van der Waals surface area contributed by atoms with E-state index >= 15 is 0 Å². The molecule has 4 rings (SSSR count). The van der Waals surface area contributed by atoms with E-state index in [1.165, 1.54) is 5.57 Å². The molecule has 22 heavy (non-hydrogen) atoms. The number of carbonyl (C=O) groups is 2. The second-order valence-corrected chi connectivity index (χ2v) is 8.54. The maximum Gasteiger partial charge on any atom is 0.184 e. The number of fused-ring (bicyclic) bond motifs is 5. The van der Waals surface area contributed by atoms with Crippen molar-refractivity contribution >= 4 is 11.6 Å². The fraction of sp³-hybridized carbons (Fsp3) is 0.789. The molecule has 3 fully saturated rings. The van der Waals surface area contributed by atoms with Crippen LogP contribution in [0.2, 0.25) is 0 Å². The maximum atomic E-state index is 12.4. The Morgan fingerprint density at radius 3 is 2.55 bits per heavy atom. The van der Waals surface area contributed by atoms with Gasteiger partial charge in [-0.15, -0.1) is 0 Å². The molecule has 1 N–H and O–H groups in total. The van der Waals surface area contributed by atoms with Crippen LogP contribution in [0.4, 0.5) is 0 Å². The number of ketones is 2. The van der Waals surface area contributed by atoms with Gasteiger partial charge in [0.1, 0.15) is 11.9 Å². The van der Waals surface area contributed by atoms with Gasteiger partial charge >= 0.3 is 0 Å². The van der Waals surface area contributed by atoms with Gasteiger partial charge in [0.2, 0.25) is 0 Å². The summed E-state index contributed by atoms with van der Waals surface area (Å²) in [5.41, 5.74) is 1.13. The van der Waals surface area contributed by atoms with Gasteiger partial charge in [0.25, 0.3) is 0 Å². The number of rotatable bonds is 0. The molecule has 0 radical (unpaired) electrons. The molecule has 0 unspecified atom stereocenters. The molecular formula is C19H26O3. The third-order valence-corrected chi connectivity index (χ3v) is 7.71. The molecule has 0 amide bonds. The molecule has 4 aliphatic rings. The van der Waals surface area contributed by atoms with Crippen molar-refractivity contribution in [2.75, 3.05) is 0 Å². The lowest BCUT2D eigenvalue weighted by Crippen LogP contribution is -2.52. The van der Waals surface area contributed by atoms with Crippen LogP contribution in [0.1, 0.15) is 58.8 Å². The molecule has 0 aromatic heterocycles. The van der Waals surface area contributed by atoms with E-state index < -0.39 is 6.10 Å². The highest BCUT2D eigenvalue weighted by molar-refractivity contribution is 5.95. The third-order valence-electron chi connectivity index (χ3n) is 7.71. The molecule has 6 atom stereocenters. The molecule has 4 aliphatic carbocycles. The first-order chi connectivity index (χ1) is 10.4. The Hall–Kier alpha value is -0.960. The summed E-state index contributed by atoms with van der Waals surface area (Å²) in [5, 5.41) is 10.1. The average Bonchev–Trinajstić information content (AvgIpc) is 2.77. The first-order valence-corrected chi connectivity index (χ1v) is 8.82. The number of hydrogen-bond donors (Lipinski definition) is 1. The van der Waals surface area contributed by atoms with Gasteiger partial charge < -0.3 is 5.11 Å². The number of allylic oxidation sites excluding steroid dienone is 1. The van der Waals surface area contributed by atoms with Gasteiger partial charge in [0, 0.05) is 11.8 Å². The van der Waals surface area contributed by atoms with Crippen LogP contribution < -0.4 is 0 Å².